The van der Waals surface area contributed by atoms with Crippen molar-refractivity contribution in [1.82, 2.24) is 15.1 Å². The van der Waals surface area contributed by atoms with E-state index >= 15 is 0 Å². The lowest BCUT2D eigenvalue weighted by atomic mass is 9.98. The van der Waals surface area contributed by atoms with Gasteiger partial charge >= 0.3 is 5.97 Å². The van der Waals surface area contributed by atoms with Crippen molar-refractivity contribution in [3.05, 3.63) is 77.2 Å². The Bertz CT molecular complexity index is 1140. The van der Waals surface area contributed by atoms with Crippen LogP contribution in [0.15, 0.2) is 54.6 Å². The number of anilines is 1. The van der Waals surface area contributed by atoms with Crippen LogP contribution in [0.1, 0.15) is 46.9 Å². The second-order valence-corrected chi connectivity index (χ2v) is 7.93. The maximum atomic E-state index is 14.5. The minimum absolute atomic E-state index is 0.110. The van der Waals surface area contributed by atoms with Gasteiger partial charge in [0.2, 0.25) is 0 Å². The van der Waals surface area contributed by atoms with Gasteiger partial charge in [0.15, 0.2) is 5.69 Å². The molecular formula is C24H25FN4O3. The number of benzene rings is 2. The van der Waals surface area contributed by atoms with Gasteiger partial charge in [-0.2, -0.15) is 5.10 Å². The number of rotatable bonds is 7. The number of para-hydroxylation sites is 1. The molecule has 1 fully saturated rings. The number of carboxylic acids is 1. The fourth-order valence-electron chi connectivity index (χ4n) is 4.08. The number of aryl methyl sites for hydroxylation is 1. The van der Waals surface area contributed by atoms with Gasteiger partial charge in [-0.15, -0.1) is 0 Å². The molecule has 0 spiro atoms. The predicted molar refractivity (Wildman–Crippen MR) is 119 cm³/mol. The van der Waals surface area contributed by atoms with Crippen molar-refractivity contribution in [2.75, 3.05) is 18.0 Å². The van der Waals surface area contributed by atoms with Gasteiger partial charge in [-0.1, -0.05) is 36.4 Å². The highest BCUT2D eigenvalue weighted by Gasteiger charge is 2.26. The highest BCUT2D eigenvalue weighted by atomic mass is 19.1. The van der Waals surface area contributed by atoms with Gasteiger partial charge in [0.25, 0.3) is 5.91 Å². The highest BCUT2D eigenvalue weighted by Crippen LogP contribution is 2.27. The molecule has 0 bridgehead atoms. The first-order valence-corrected chi connectivity index (χ1v) is 10.6. The minimum atomic E-state index is -1.02. The number of nitrogens with zero attached hydrogens (tertiary/aromatic N) is 3. The number of nitrogens with one attached hydrogen (secondary N) is 1. The summed E-state index contributed by atoms with van der Waals surface area (Å²) in [6, 6.07) is 14.6. The van der Waals surface area contributed by atoms with Crippen molar-refractivity contribution in [2.24, 2.45) is 0 Å². The number of aliphatic carboxylic acids is 1. The Morgan fingerprint density at radius 3 is 2.50 bits per heavy atom. The quantitative estimate of drug-likeness (QED) is 0.587. The Morgan fingerprint density at radius 2 is 1.81 bits per heavy atom. The van der Waals surface area contributed by atoms with E-state index in [0.29, 0.717) is 5.82 Å². The average molecular weight is 436 g/mol. The standard InChI is InChI=1S/C24H25FN4O3/c1-16-8-2-3-9-17(16)19(15-23(30)31)26-24(32)20-14-22(28-12-6-7-13-28)29(27-20)21-11-5-4-10-18(21)25/h2-5,8-11,14,19H,6-7,12-13,15H2,1H3,(H,26,32)(H,30,31). The Kier molecular flexibility index (Phi) is 6.20. The average Bonchev–Trinajstić information content (AvgIpc) is 3.43. The lowest BCUT2D eigenvalue weighted by molar-refractivity contribution is -0.137. The van der Waals surface area contributed by atoms with Crippen molar-refractivity contribution < 1.29 is 19.1 Å². The zero-order valence-corrected chi connectivity index (χ0v) is 17.8. The second kappa shape index (κ2) is 9.21. The third kappa shape index (κ3) is 4.49. The molecule has 1 aliphatic heterocycles. The minimum Gasteiger partial charge on any atom is -0.481 e. The molecule has 0 radical (unpaired) electrons. The Hall–Kier alpha value is -3.68. The van der Waals surface area contributed by atoms with Crippen LogP contribution in [0, 0.1) is 12.7 Å². The summed E-state index contributed by atoms with van der Waals surface area (Å²) in [6.45, 7) is 3.47. The molecule has 1 atom stereocenters. The molecule has 166 valence electrons. The predicted octanol–water partition coefficient (Wildman–Crippen LogP) is 3.87. The van der Waals surface area contributed by atoms with Crippen molar-refractivity contribution in [1.29, 1.82) is 0 Å². The number of carbonyl (C=O) groups is 2. The van der Waals surface area contributed by atoms with Crippen LogP contribution >= 0.6 is 0 Å². The molecule has 8 heteroatoms. The first kappa shape index (κ1) is 21.5. The van der Waals surface area contributed by atoms with Gasteiger partial charge in [0.1, 0.15) is 17.3 Å². The highest BCUT2D eigenvalue weighted by molar-refractivity contribution is 5.94. The molecule has 2 N–H and O–H groups in total. The summed E-state index contributed by atoms with van der Waals surface area (Å²) in [5.74, 6) is -1.32. The van der Waals surface area contributed by atoms with Crippen LogP contribution in [-0.4, -0.2) is 39.9 Å². The van der Waals surface area contributed by atoms with Gasteiger partial charge in [-0.3, -0.25) is 9.59 Å². The maximum Gasteiger partial charge on any atom is 0.305 e. The first-order chi connectivity index (χ1) is 15.4. The van der Waals surface area contributed by atoms with E-state index in [2.05, 4.69) is 15.3 Å². The molecule has 2 heterocycles. The second-order valence-electron chi connectivity index (χ2n) is 7.93. The van der Waals surface area contributed by atoms with Crippen molar-refractivity contribution in [3.63, 3.8) is 0 Å². The molecule has 1 unspecified atom stereocenters. The largest absolute Gasteiger partial charge is 0.481 e. The molecule has 0 saturated carbocycles. The van der Waals surface area contributed by atoms with E-state index in [1.54, 1.807) is 30.3 Å². The summed E-state index contributed by atoms with van der Waals surface area (Å²) in [7, 11) is 0. The molecule has 2 aromatic carbocycles. The number of aromatic nitrogens is 2. The van der Waals surface area contributed by atoms with Crippen molar-refractivity contribution >= 4 is 17.7 Å². The van der Waals surface area contributed by atoms with Crippen LogP contribution in [0.5, 0.6) is 0 Å². The van der Waals surface area contributed by atoms with E-state index in [1.165, 1.54) is 10.7 Å². The zero-order chi connectivity index (χ0) is 22.7. The number of amides is 1. The van der Waals surface area contributed by atoms with Gasteiger partial charge in [0.05, 0.1) is 12.5 Å². The maximum absolute atomic E-state index is 14.5. The number of hydrogen-bond acceptors (Lipinski definition) is 4. The van der Waals surface area contributed by atoms with Gasteiger partial charge < -0.3 is 15.3 Å². The zero-order valence-electron chi connectivity index (χ0n) is 17.8. The number of carboxylic acid groups (broad SMARTS) is 1. The number of halogens is 1. The topological polar surface area (TPSA) is 87.5 Å². The van der Waals surface area contributed by atoms with Crippen LogP contribution in [0.25, 0.3) is 5.69 Å². The first-order valence-electron chi connectivity index (χ1n) is 10.6. The normalized spacial score (nSPS) is 14.4. The van der Waals surface area contributed by atoms with E-state index in [4.69, 9.17) is 0 Å². The molecule has 1 amide bonds. The smallest absolute Gasteiger partial charge is 0.305 e. The summed E-state index contributed by atoms with van der Waals surface area (Å²) in [6.07, 6.45) is 1.76. The third-order valence-electron chi connectivity index (χ3n) is 5.68. The Balaban J connectivity index is 1.68. The third-order valence-corrected chi connectivity index (χ3v) is 5.68. The summed E-state index contributed by atoms with van der Waals surface area (Å²) < 4.78 is 16.0. The summed E-state index contributed by atoms with van der Waals surface area (Å²) in [5.41, 5.74) is 1.99. The number of carbonyl (C=O) groups excluding carboxylic acids is 1. The van der Waals surface area contributed by atoms with Gasteiger partial charge in [-0.05, 0) is 43.0 Å². The lowest BCUT2D eigenvalue weighted by Crippen LogP contribution is -2.31. The van der Waals surface area contributed by atoms with E-state index in [-0.39, 0.29) is 17.8 Å². The van der Waals surface area contributed by atoms with Crippen LogP contribution < -0.4 is 10.2 Å². The van der Waals surface area contributed by atoms with Crippen LogP contribution in [0.3, 0.4) is 0 Å². The molecule has 32 heavy (non-hydrogen) atoms. The monoisotopic (exact) mass is 436 g/mol. The number of hydrogen-bond donors (Lipinski definition) is 2. The molecule has 1 aliphatic rings. The van der Waals surface area contributed by atoms with Crippen molar-refractivity contribution in [3.8, 4) is 5.69 Å². The molecule has 4 rings (SSSR count). The fourth-order valence-corrected chi connectivity index (χ4v) is 4.08. The Morgan fingerprint density at radius 1 is 1.12 bits per heavy atom. The fraction of sp³-hybridized carbons (Fsp3) is 0.292. The molecule has 3 aromatic rings. The van der Waals surface area contributed by atoms with E-state index in [0.717, 1.165) is 37.1 Å². The van der Waals surface area contributed by atoms with Crippen LogP contribution in [-0.2, 0) is 4.79 Å². The summed E-state index contributed by atoms with van der Waals surface area (Å²) in [4.78, 5) is 26.6. The molecule has 1 saturated heterocycles. The van der Waals surface area contributed by atoms with Gasteiger partial charge in [-0.25, -0.2) is 9.07 Å². The van der Waals surface area contributed by atoms with Crippen molar-refractivity contribution in [2.45, 2.75) is 32.2 Å². The lowest BCUT2D eigenvalue weighted by Gasteiger charge is -2.19. The van der Waals surface area contributed by atoms with Gasteiger partial charge in [0, 0.05) is 19.2 Å². The van der Waals surface area contributed by atoms with E-state index in [9.17, 15) is 19.1 Å². The van der Waals surface area contributed by atoms with E-state index in [1.807, 2.05) is 25.1 Å². The van der Waals surface area contributed by atoms with E-state index < -0.39 is 23.7 Å². The Labute approximate surface area is 185 Å². The van der Waals surface area contributed by atoms with Crippen LogP contribution in [0.2, 0.25) is 0 Å². The molecular weight excluding hydrogens is 411 g/mol. The summed E-state index contributed by atoms with van der Waals surface area (Å²) >= 11 is 0. The summed E-state index contributed by atoms with van der Waals surface area (Å²) in [5, 5.41) is 16.6. The molecule has 7 nitrogen and oxygen atoms in total. The molecule has 1 aromatic heterocycles. The van der Waals surface area contributed by atoms with Crippen LogP contribution in [0.4, 0.5) is 10.2 Å². The SMILES string of the molecule is Cc1ccccc1C(CC(=O)O)NC(=O)c1cc(N2CCCC2)n(-c2ccccc2F)n1. The molecule has 0 aliphatic carbocycles.